The number of rotatable bonds is 14. The summed E-state index contributed by atoms with van der Waals surface area (Å²) in [6.07, 6.45) is 15.0. The van der Waals surface area contributed by atoms with E-state index < -0.39 is 5.97 Å². The molecule has 122 valence electrons. The summed E-state index contributed by atoms with van der Waals surface area (Å²) < 4.78 is 0. The Morgan fingerprint density at radius 3 is 2.24 bits per heavy atom. The number of carbonyl (C=O) groups is 2. The Hall–Kier alpha value is -1.32. The van der Waals surface area contributed by atoms with Crippen LogP contribution in [-0.2, 0) is 9.59 Å². The van der Waals surface area contributed by atoms with Crippen molar-refractivity contribution in [2.45, 2.75) is 77.6 Å². The Morgan fingerprint density at radius 2 is 1.57 bits per heavy atom. The second-order valence-corrected chi connectivity index (χ2v) is 5.41. The molecule has 0 aromatic carbocycles. The van der Waals surface area contributed by atoms with E-state index in [0.29, 0.717) is 19.4 Å². The van der Waals surface area contributed by atoms with Crippen molar-refractivity contribution in [1.29, 1.82) is 0 Å². The van der Waals surface area contributed by atoms with E-state index in [9.17, 15) is 9.59 Å². The van der Waals surface area contributed by atoms with Crippen molar-refractivity contribution in [1.82, 2.24) is 5.32 Å². The third-order valence-corrected chi connectivity index (χ3v) is 3.31. The van der Waals surface area contributed by atoms with Gasteiger partial charge in [0.15, 0.2) is 0 Å². The molecule has 0 rings (SSSR count). The number of aliphatic carboxylic acids is 1. The predicted octanol–water partition coefficient (Wildman–Crippen LogP) is 4.05. The second-order valence-electron chi connectivity index (χ2n) is 5.41. The maximum absolute atomic E-state index is 11.4. The third kappa shape index (κ3) is 16.6. The third-order valence-electron chi connectivity index (χ3n) is 3.31. The minimum atomic E-state index is -0.816. The fourth-order valence-corrected chi connectivity index (χ4v) is 2.04. The van der Waals surface area contributed by atoms with Gasteiger partial charge in [-0.05, 0) is 32.1 Å². The summed E-state index contributed by atoms with van der Waals surface area (Å²) in [6, 6.07) is 0. The van der Waals surface area contributed by atoms with Crippen LogP contribution in [0.3, 0.4) is 0 Å². The molecule has 0 fully saturated rings. The van der Waals surface area contributed by atoms with Crippen molar-refractivity contribution in [2.24, 2.45) is 0 Å². The van der Waals surface area contributed by atoms with Gasteiger partial charge in [0.25, 0.3) is 0 Å². The molecule has 4 heteroatoms. The highest BCUT2D eigenvalue weighted by atomic mass is 16.4. The van der Waals surface area contributed by atoms with Gasteiger partial charge in [-0.3, -0.25) is 9.59 Å². The van der Waals surface area contributed by atoms with Crippen LogP contribution in [0.1, 0.15) is 77.6 Å². The summed E-state index contributed by atoms with van der Waals surface area (Å²) in [6.45, 7) is 2.68. The first-order valence-electron chi connectivity index (χ1n) is 8.30. The lowest BCUT2D eigenvalue weighted by Gasteiger charge is -2.03. The molecule has 4 nitrogen and oxygen atoms in total. The van der Waals surface area contributed by atoms with Gasteiger partial charge in [-0.1, -0.05) is 44.8 Å². The van der Waals surface area contributed by atoms with E-state index in [2.05, 4.69) is 24.4 Å². The van der Waals surface area contributed by atoms with Crippen molar-refractivity contribution in [3.63, 3.8) is 0 Å². The summed E-state index contributed by atoms with van der Waals surface area (Å²) in [5.74, 6) is -0.794. The van der Waals surface area contributed by atoms with Crippen molar-refractivity contribution in [3.8, 4) is 0 Å². The van der Waals surface area contributed by atoms with Gasteiger partial charge in [-0.15, -0.1) is 0 Å². The molecule has 0 aliphatic heterocycles. The number of amides is 1. The highest BCUT2D eigenvalue weighted by Crippen LogP contribution is 2.06. The van der Waals surface area contributed by atoms with Gasteiger partial charge < -0.3 is 10.4 Å². The Balaban J connectivity index is 3.29. The van der Waals surface area contributed by atoms with Crippen LogP contribution in [0.25, 0.3) is 0 Å². The molecule has 0 aromatic rings. The first-order valence-corrected chi connectivity index (χ1v) is 8.30. The van der Waals surface area contributed by atoms with E-state index >= 15 is 0 Å². The minimum Gasteiger partial charge on any atom is -0.481 e. The average Bonchev–Trinajstić information content (AvgIpc) is 2.45. The number of carbonyl (C=O) groups excluding carboxylic acids is 1. The van der Waals surface area contributed by atoms with E-state index in [4.69, 9.17) is 5.11 Å². The normalized spacial score (nSPS) is 10.9. The van der Waals surface area contributed by atoms with Crippen LogP contribution < -0.4 is 5.32 Å². The van der Waals surface area contributed by atoms with Crippen molar-refractivity contribution >= 4 is 11.9 Å². The van der Waals surface area contributed by atoms with Crippen LogP contribution in [0.4, 0.5) is 0 Å². The van der Waals surface area contributed by atoms with Crippen molar-refractivity contribution in [2.75, 3.05) is 6.54 Å². The Kier molecular flexibility index (Phi) is 14.1. The van der Waals surface area contributed by atoms with Gasteiger partial charge in [0.05, 0.1) is 0 Å². The summed E-state index contributed by atoms with van der Waals surface area (Å²) in [7, 11) is 0. The molecule has 0 unspecified atom stereocenters. The molecule has 0 heterocycles. The van der Waals surface area contributed by atoms with Crippen LogP contribution in [0.15, 0.2) is 12.2 Å². The van der Waals surface area contributed by atoms with Crippen LogP contribution in [0.5, 0.6) is 0 Å². The van der Waals surface area contributed by atoms with E-state index in [1.54, 1.807) is 0 Å². The van der Waals surface area contributed by atoms with E-state index in [1.165, 1.54) is 32.1 Å². The maximum Gasteiger partial charge on any atom is 0.303 e. The van der Waals surface area contributed by atoms with Gasteiger partial charge in [0.1, 0.15) is 0 Å². The number of hydrogen-bond donors (Lipinski definition) is 2. The average molecular weight is 297 g/mol. The molecule has 0 aliphatic carbocycles. The zero-order valence-corrected chi connectivity index (χ0v) is 13.4. The molecule has 0 bridgehead atoms. The molecule has 2 N–H and O–H groups in total. The first kappa shape index (κ1) is 19.7. The number of unbranched alkanes of at least 4 members (excludes halogenated alkanes) is 6. The summed E-state index contributed by atoms with van der Waals surface area (Å²) >= 11 is 0. The largest absolute Gasteiger partial charge is 0.481 e. The van der Waals surface area contributed by atoms with Crippen LogP contribution >= 0.6 is 0 Å². The molecule has 0 aliphatic rings. The fraction of sp³-hybridized carbons (Fsp3) is 0.765. The van der Waals surface area contributed by atoms with Gasteiger partial charge >= 0.3 is 5.97 Å². The van der Waals surface area contributed by atoms with Gasteiger partial charge in [0, 0.05) is 19.4 Å². The SMILES string of the molecule is CCCCCCCC=CCCCC(=O)NCCCC(=O)O. The quantitative estimate of drug-likeness (QED) is 0.375. The molecule has 0 saturated heterocycles. The van der Waals surface area contributed by atoms with E-state index in [0.717, 1.165) is 19.3 Å². The fourth-order valence-electron chi connectivity index (χ4n) is 2.04. The molecular weight excluding hydrogens is 266 g/mol. The summed E-state index contributed by atoms with van der Waals surface area (Å²) in [5.41, 5.74) is 0. The lowest BCUT2D eigenvalue weighted by molar-refractivity contribution is -0.137. The number of carboxylic acids is 1. The lowest BCUT2D eigenvalue weighted by atomic mass is 10.1. The van der Waals surface area contributed by atoms with E-state index in [1.807, 2.05) is 0 Å². The van der Waals surface area contributed by atoms with Gasteiger partial charge in [-0.25, -0.2) is 0 Å². The van der Waals surface area contributed by atoms with Gasteiger partial charge in [-0.2, -0.15) is 0 Å². The molecule has 0 atom stereocenters. The molecule has 1 amide bonds. The first-order chi connectivity index (χ1) is 10.2. The van der Waals surface area contributed by atoms with Crippen LogP contribution in [0, 0.1) is 0 Å². The molecule has 0 aromatic heterocycles. The molecular formula is C17H31NO3. The Labute approximate surface area is 129 Å². The lowest BCUT2D eigenvalue weighted by Crippen LogP contribution is -2.24. The highest BCUT2D eigenvalue weighted by molar-refractivity contribution is 5.75. The monoisotopic (exact) mass is 297 g/mol. The Morgan fingerprint density at radius 1 is 0.905 bits per heavy atom. The Bertz CT molecular complexity index is 300. The smallest absolute Gasteiger partial charge is 0.303 e. The zero-order chi connectivity index (χ0) is 15.8. The number of hydrogen-bond acceptors (Lipinski definition) is 2. The van der Waals surface area contributed by atoms with Gasteiger partial charge in [0.2, 0.25) is 5.91 Å². The molecule has 0 radical (unpaired) electrons. The van der Waals surface area contributed by atoms with E-state index in [-0.39, 0.29) is 12.3 Å². The standard InChI is InChI=1S/C17H31NO3/c1-2-3-4-5-6-7-8-9-10-11-13-16(19)18-15-12-14-17(20)21/h8-9H,2-7,10-15H2,1H3,(H,18,19)(H,20,21). The zero-order valence-electron chi connectivity index (χ0n) is 13.4. The summed E-state index contributed by atoms with van der Waals surface area (Å²) in [5, 5.41) is 11.2. The second kappa shape index (κ2) is 15.1. The number of allylic oxidation sites excluding steroid dienone is 2. The molecule has 0 saturated carbocycles. The molecule has 21 heavy (non-hydrogen) atoms. The topological polar surface area (TPSA) is 66.4 Å². The van der Waals surface area contributed by atoms with Crippen molar-refractivity contribution in [3.05, 3.63) is 12.2 Å². The minimum absolute atomic E-state index is 0.0216. The number of carboxylic acid groups (broad SMARTS) is 1. The van der Waals surface area contributed by atoms with Crippen LogP contribution in [-0.4, -0.2) is 23.5 Å². The van der Waals surface area contributed by atoms with Crippen LogP contribution in [0.2, 0.25) is 0 Å². The number of nitrogens with one attached hydrogen (secondary N) is 1. The predicted molar refractivity (Wildman–Crippen MR) is 86.2 cm³/mol. The van der Waals surface area contributed by atoms with Crippen molar-refractivity contribution < 1.29 is 14.7 Å². The summed E-state index contributed by atoms with van der Waals surface area (Å²) in [4.78, 5) is 21.7. The maximum atomic E-state index is 11.4. The highest BCUT2D eigenvalue weighted by Gasteiger charge is 2.00. The molecule has 0 spiro atoms.